The van der Waals surface area contributed by atoms with Crippen LogP contribution >= 0.6 is 0 Å². The molecule has 1 heteroatoms. The quantitative estimate of drug-likeness (QED) is 0.467. The maximum Gasteiger partial charge on any atom is 0.00640 e. The minimum Gasteiger partial charge on any atom is -0.317 e. The fourth-order valence-corrected chi connectivity index (χ4v) is 2.24. The molecule has 1 unspecified atom stereocenters. The fourth-order valence-electron chi connectivity index (χ4n) is 2.24. The second-order valence-electron chi connectivity index (χ2n) is 5.04. The molecule has 0 aliphatic rings. The third-order valence-corrected chi connectivity index (χ3v) is 3.47. The van der Waals surface area contributed by atoms with E-state index < -0.39 is 0 Å². The second kappa shape index (κ2) is 13.0. The molecule has 1 atom stereocenters. The predicted molar refractivity (Wildman–Crippen MR) is 75.0 cm³/mol. The maximum absolute atomic E-state index is 3.46. The predicted octanol–water partition coefficient (Wildman–Crippen LogP) is 4.91. The fraction of sp³-hybridized carbons (Fsp3) is 1.00. The van der Waals surface area contributed by atoms with Crippen LogP contribution in [-0.2, 0) is 0 Å². The van der Waals surface area contributed by atoms with E-state index in [4.69, 9.17) is 0 Å². The van der Waals surface area contributed by atoms with Crippen LogP contribution in [0.5, 0.6) is 0 Å². The molecule has 1 N–H and O–H groups in total. The number of rotatable bonds is 12. The second-order valence-corrected chi connectivity index (χ2v) is 5.04. The highest BCUT2D eigenvalue weighted by Gasteiger charge is 2.04. The monoisotopic (exact) mass is 227 g/mol. The number of unbranched alkanes of at least 4 members (excludes halogenated alkanes) is 7. The van der Waals surface area contributed by atoms with Crippen LogP contribution in [0.3, 0.4) is 0 Å². The van der Waals surface area contributed by atoms with E-state index in [1.165, 1.54) is 70.6 Å². The van der Waals surface area contributed by atoms with E-state index in [9.17, 15) is 0 Å². The van der Waals surface area contributed by atoms with Gasteiger partial charge < -0.3 is 5.32 Å². The summed E-state index contributed by atoms with van der Waals surface area (Å²) in [5.41, 5.74) is 0. The van der Waals surface area contributed by atoms with Crippen LogP contribution in [0.15, 0.2) is 0 Å². The third kappa shape index (κ3) is 10.5. The Morgan fingerprint density at radius 1 is 0.688 bits per heavy atom. The molecule has 0 aliphatic heterocycles. The van der Waals surface area contributed by atoms with Gasteiger partial charge in [0.2, 0.25) is 0 Å². The Hall–Kier alpha value is -0.0400. The minimum atomic E-state index is 0.776. The van der Waals surface area contributed by atoms with Crippen molar-refractivity contribution in [2.75, 3.05) is 7.05 Å². The van der Waals surface area contributed by atoms with Gasteiger partial charge in [-0.3, -0.25) is 0 Å². The number of nitrogens with one attached hydrogen (secondary N) is 1. The average molecular weight is 227 g/mol. The number of hydrogen-bond acceptors (Lipinski definition) is 1. The summed E-state index contributed by atoms with van der Waals surface area (Å²) >= 11 is 0. The van der Waals surface area contributed by atoms with Gasteiger partial charge in [0.15, 0.2) is 0 Å². The summed E-state index contributed by atoms with van der Waals surface area (Å²) in [5.74, 6) is 0. The van der Waals surface area contributed by atoms with Gasteiger partial charge in [0, 0.05) is 6.04 Å². The lowest BCUT2D eigenvalue weighted by Gasteiger charge is -2.15. The minimum absolute atomic E-state index is 0.776. The normalized spacial score (nSPS) is 12.9. The van der Waals surface area contributed by atoms with Crippen LogP contribution in [0.25, 0.3) is 0 Å². The van der Waals surface area contributed by atoms with E-state index in [1.54, 1.807) is 0 Å². The lowest BCUT2D eigenvalue weighted by molar-refractivity contribution is 0.440. The maximum atomic E-state index is 3.46. The first-order valence-electron chi connectivity index (χ1n) is 7.52. The van der Waals surface area contributed by atoms with Gasteiger partial charge in [-0.15, -0.1) is 0 Å². The molecular weight excluding hydrogens is 194 g/mol. The van der Waals surface area contributed by atoms with E-state index in [0.717, 1.165) is 6.04 Å². The Bertz CT molecular complexity index is 123. The van der Waals surface area contributed by atoms with Crippen molar-refractivity contribution in [3.8, 4) is 0 Å². The molecule has 1 nitrogen and oxygen atoms in total. The molecule has 0 spiro atoms. The summed E-state index contributed by atoms with van der Waals surface area (Å²) in [5, 5.41) is 3.46. The van der Waals surface area contributed by atoms with Crippen molar-refractivity contribution in [1.29, 1.82) is 0 Å². The summed E-state index contributed by atoms with van der Waals surface area (Å²) in [6.45, 7) is 4.56. The first kappa shape index (κ1) is 16.0. The molecule has 0 aromatic rings. The molecule has 0 aromatic heterocycles. The summed E-state index contributed by atoms with van der Waals surface area (Å²) in [6, 6.07) is 0.776. The summed E-state index contributed by atoms with van der Waals surface area (Å²) in [4.78, 5) is 0. The van der Waals surface area contributed by atoms with Crippen LogP contribution in [0.1, 0.15) is 84.5 Å². The molecule has 0 fully saturated rings. The Kier molecular flexibility index (Phi) is 13.0. The van der Waals surface area contributed by atoms with Crippen molar-refractivity contribution in [2.45, 2.75) is 90.5 Å². The molecule has 0 aromatic carbocycles. The molecule has 0 radical (unpaired) electrons. The smallest absolute Gasteiger partial charge is 0.00640 e. The zero-order chi connectivity index (χ0) is 12.1. The molecule has 0 amide bonds. The Balaban J connectivity index is 3.26. The lowest BCUT2D eigenvalue weighted by atomic mass is 10.0. The summed E-state index contributed by atoms with van der Waals surface area (Å²) in [7, 11) is 2.12. The van der Waals surface area contributed by atoms with Crippen LogP contribution in [0, 0.1) is 0 Å². The highest BCUT2D eigenvalue weighted by Crippen LogP contribution is 2.12. The van der Waals surface area contributed by atoms with Crippen molar-refractivity contribution < 1.29 is 0 Å². The molecular formula is C15H33N. The van der Waals surface area contributed by atoms with Gasteiger partial charge in [-0.1, -0.05) is 71.6 Å². The van der Waals surface area contributed by atoms with Gasteiger partial charge in [-0.2, -0.15) is 0 Å². The average Bonchev–Trinajstić information content (AvgIpc) is 2.31. The van der Waals surface area contributed by atoms with Gasteiger partial charge in [-0.05, 0) is 19.9 Å². The van der Waals surface area contributed by atoms with Crippen LogP contribution in [-0.4, -0.2) is 13.1 Å². The molecule has 0 bridgehead atoms. The SMILES string of the molecule is CCCCCCCCC(CCCCC)NC. The van der Waals surface area contributed by atoms with Crippen LogP contribution in [0.4, 0.5) is 0 Å². The largest absolute Gasteiger partial charge is 0.317 e. The topological polar surface area (TPSA) is 12.0 Å². The molecule has 98 valence electrons. The van der Waals surface area contributed by atoms with Gasteiger partial charge in [0.1, 0.15) is 0 Å². The summed E-state index contributed by atoms with van der Waals surface area (Å²) in [6.07, 6.45) is 15.4. The molecule has 0 saturated carbocycles. The van der Waals surface area contributed by atoms with E-state index in [1.807, 2.05) is 0 Å². The molecule has 0 heterocycles. The molecule has 16 heavy (non-hydrogen) atoms. The van der Waals surface area contributed by atoms with Crippen molar-refractivity contribution in [1.82, 2.24) is 5.32 Å². The van der Waals surface area contributed by atoms with E-state index >= 15 is 0 Å². The number of hydrogen-bond donors (Lipinski definition) is 1. The third-order valence-electron chi connectivity index (χ3n) is 3.47. The van der Waals surface area contributed by atoms with Crippen LogP contribution in [0.2, 0.25) is 0 Å². The highest BCUT2D eigenvalue weighted by atomic mass is 14.9. The van der Waals surface area contributed by atoms with Crippen LogP contribution < -0.4 is 5.32 Å². The van der Waals surface area contributed by atoms with Crippen molar-refractivity contribution >= 4 is 0 Å². The molecule has 0 saturated heterocycles. The molecule has 0 aliphatic carbocycles. The first-order valence-corrected chi connectivity index (χ1v) is 7.52. The Labute approximate surface area is 103 Å². The van der Waals surface area contributed by atoms with Crippen molar-refractivity contribution in [2.24, 2.45) is 0 Å². The standard InChI is InChI=1S/C15H33N/c1-4-6-8-9-10-12-14-15(16-3)13-11-7-5-2/h15-16H,4-14H2,1-3H3. The highest BCUT2D eigenvalue weighted by molar-refractivity contribution is 4.64. The van der Waals surface area contributed by atoms with Gasteiger partial charge in [-0.25, -0.2) is 0 Å². The van der Waals surface area contributed by atoms with E-state index in [-0.39, 0.29) is 0 Å². The molecule has 0 rings (SSSR count). The Morgan fingerprint density at radius 2 is 1.12 bits per heavy atom. The van der Waals surface area contributed by atoms with Gasteiger partial charge in [0.05, 0.1) is 0 Å². The first-order chi connectivity index (χ1) is 7.85. The van der Waals surface area contributed by atoms with Gasteiger partial charge >= 0.3 is 0 Å². The Morgan fingerprint density at radius 3 is 1.69 bits per heavy atom. The zero-order valence-corrected chi connectivity index (χ0v) is 11.9. The van der Waals surface area contributed by atoms with Gasteiger partial charge in [0.25, 0.3) is 0 Å². The van der Waals surface area contributed by atoms with E-state index in [2.05, 4.69) is 26.2 Å². The van der Waals surface area contributed by atoms with Crippen molar-refractivity contribution in [3.05, 3.63) is 0 Å². The van der Waals surface area contributed by atoms with Crippen molar-refractivity contribution in [3.63, 3.8) is 0 Å². The lowest BCUT2D eigenvalue weighted by Crippen LogP contribution is -2.24. The zero-order valence-electron chi connectivity index (χ0n) is 11.9. The van der Waals surface area contributed by atoms with E-state index in [0.29, 0.717) is 0 Å². The summed E-state index contributed by atoms with van der Waals surface area (Å²) < 4.78 is 0.